The third kappa shape index (κ3) is 3.31. The van der Waals surface area contributed by atoms with E-state index < -0.39 is 10.8 Å². The lowest BCUT2D eigenvalue weighted by molar-refractivity contribution is 0.394. The molecule has 0 radical (unpaired) electrons. The fourth-order valence-corrected chi connectivity index (χ4v) is 4.34. The summed E-state index contributed by atoms with van der Waals surface area (Å²) in [7, 11) is 1.75. The first kappa shape index (κ1) is 19.9. The number of rotatable bonds is 4. The number of nitrogens with zero attached hydrogens (tertiary/aromatic N) is 4. The Morgan fingerprint density at radius 3 is 2.45 bits per heavy atom. The largest absolute Gasteiger partial charge is 0.495 e. The molecule has 1 aliphatic rings. The summed E-state index contributed by atoms with van der Waals surface area (Å²) in [6.07, 6.45) is 4.89. The van der Waals surface area contributed by atoms with Crippen LogP contribution >= 0.6 is 23.2 Å². The second-order valence-electron chi connectivity index (χ2n) is 6.20. The number of benzene rings is 1. The van der Waals surface area contributed by atoms with Crippen LogP contribution < -0.4 is 14.4 Å². The Hall–Kier alpha value is -2.42. The molecule has 0 amide bonds. The van der Waals surface area contributed by atoms with Gasteiger partial charge in [0.05, 0.1) is 42.9 Å². The van der Waals surface area contributed by atoms with Gasteiger partial charge in [-0.3, -0.25) is 4.21 Å². The molecule has 3 aromatic rings. The summed E-state index contributed by atoms with van der Waals surface area (Å²) < 4.78 is 22.7. The topological polar surface area (TPSA) is 77.4 Å². The van der Waals surface area contributed by atoms with Gasteiger partial charge in [0.15, 0.2) is 0 Å². The van der Waals surface area contributed by atoms with Crippen LogP contribution in [0.5, 0.6) is 11.5 Å². The fourth-order valence-electron chi connectivity index (χ4n) is 3.21. The minimum atomic E-state index is -1.30. The van der Waals surface area contributed by atoms with Crippen molar-refractivity contribution in [3.8, 4) is 22.8 Å². The summed E-state index contributed by atoms with van der Waals surface area (Å²) in [5, 5.41) is 0.947. The van der Waals surface area contributed by atoms with E-state index in [0.717, 1.165) is 11.1 Å². The molecular weight excluding hydrogens is 435 g/mol. The third-order valence-corrected chi connectivity index (χ3v) is 5.99. The number of fused-ring (bicyclic) bond motifs is 3. The van der Waals surface area contributed by atoms with Crippen LogP contribution in [-0.4, -0.2) is 39.6 Å². The van der Waals surface area contributed by atoms with E-state index in [1.54, 1.807) is 24.7 Å². The smallest absolute Gasteiger partial charge is 0.218 e. The van der Waals surface area contributed by atoms with E-state index in [1.807, 2.05) is 17.0 Å². The number of pyridine rings is 1. The Labute approximate surface area is 180 Å². The minimum Gasteiger partial charge on any atom is -0.495 e. The molecule has 29 heavy (non-hydrogen) atoms. The van der Waals surface area contributed by atoms with Crippen LogP contribution in [0.25, 0.3) is 11.3 Å². The van der Waals surface area contributed by atoms with E-state index in [1.165, 1.54) is 14.2 Å². The highest BCUT2D eigenvalue weighted by Gasteiger charge is 2.31. The van der Waals surface area contributed by atoms with Crippen molar-refractivity contribution in [1.29, 1.82) is 0 Å². The van der Waals surface area contributed by atoms with Gasteiger partial charge in [-0.25, -0.2) is 15.0 Å². The van der Waals surface area contributed by atoms with Crippen molar-refractivity contribution in [2.45, 2.75) is 11.7 Å². The maximum Gasteiger partial charge on any atom is 0.218 e. The maximum atomic E-state index is 11.9. The molecule has 2 aromatic heterocycles. The van der Waals surface area contributed by atoms with Crippen molar-refractivity contribution in [1.82, 2.24) is 15.0 Å². The van der Waals surface area contributed by atoms with Gasteiger partial charge in [0.1, 0.15) is 27.4 Å². The van der Waals surface area contributed by atoms with Crippen molar-refractivity contribution in [3.63, 3.8) is 0 Å². The molecule has 3 heterocycles. The van der Waals surface area contributed by atoms with Crippen LogP contribution in [0.2, 0.25) is 10.0 Å². The molecule has 0 bridgehead atoms. The number of halogens is 2. The zero-order chi connectivity index (χ0) is 20.7. The zero-order valence-electron chi connectivity index (χ0n) is 15.8. The summed E-state index contributed by atoms with van der Waals surface area (Å²) in [6.45, 7) is 0.367. The predicted octanol–water partition coefficient (Wildman–Crippen LogP) is 4.25. The number of ether oxygens (including phenoxy) is 2. The first-order valence-electron chi connectivity index (χ1n) is 8.48. The first-order valence-corrected chi connectivity index (χ1v) is 10.8. The third-order valence-electron chi connectivity index (χ3n) is 4.55. The van der Waals surface area contributed by atoms with Gasteiger partial charge in [0.25, 0.3) is 0 Å². The van der Waals surface area contributed by atoms with Crippen molar-refractivity contribution in [2.24, 2.45) is 0 Å². The molecule has 1 aromatic carbocycles. The molecule has 0 saturated carbocycles. The maximum absolute atomic E-state index is 11.9. The van der Waals surface area contributed by atoms with Crippen LogP contribution in [0.3, 0.4) is 0 Å². The van der Waals surface area contributed by atoms with Crippen molar-refractivity contribution >= 4 is 45.5 Å². The van der Waals surface area contributed by atoms with E-state index in [9.17, 15) is 4.21 Å². The van der Waals surface area contributed by atoms with E-state index >= 15 is 0 Å². The van der Waals surface area contributed by atoms with E-state index in [2.05, 4.69) is 15.0 Å². The molecule has 10 heteroatoms. The first-order chi connectivity index (χ1) is 14.0. The van der Waals surface area contributed by atoms with Crippen molar-refractivity contribution < 1.29 is 13.7 Å². The number of aromatic nitrogens is 3. The molecule has 1 aliphatic heterocycles. The van der Waals surface area contributed by atoms with Crippen LogP contribution in [0, 0.1) is 0 Å². The Balaban J connectivity index is 1.96. The lowest BCUT2D eigenvalue weighted by Crippen LogP contribution is -2.24. The molecule has 0 spiro atoms. The highest BCUT2D eigenvalue weighted by molar-refractivity contribution is 7.84. The van der Waals surface area contributed by atoms with Gasteiger partial charge in [-0.1, -0.05) is 23.2 Å². The van der Waals surface area contributed by atoms with Gasteiger partial charge in [0.2, 0.25) is 5.16 Å². The zero-order valence-corrected chi connectivity index (χ0v) is 18.1. The van der Waals surface area contributed by atoms with E-state index in [4.69, 9.17) is 32.7 Å². The number of hydrogen-bond donors (Lipinski definition) is 0. The average Bonchev–Trinajstić information content (AvgIpc) is 2.73. The Morgan fingerprint density at radius 1 is 1.14 bits per heavy atom. The second-order valence-corrected chi connectivity index (χ2v) is 8.23. The number of methoxy groups -OCH3 is 2. The summed E-state index contributed by atoms with van der Waals surface area (Å²) in [6, 6.07) is 5.34. The molecule has 0 aliphatic carbocycles. The van der Waals surface area contributed by atoms with Gasteiger partial charge < -0.3 is 14.4 Å². The van der Waals surface area contributed by atoms with Crippen LogP contribution in [0.1, 0.15) is 5.56 Å². The molecular formula is C19H16Cl2N4O3S. The molecule has 1 atom stereocenters. The minimum absolute atomic E-state index is 0.270. The Morgan fingerprint density at radius 2 is 1.83 bits per heavy atom. The fraction of sp³-hybridized carbons (Fsp3) is 0.211. The number of hydrogen-bond acceptors (Lipinski definition) is 7. The molecule has 7 nitrogen and oxygen atoms in total. The molecule has 150 valence electrons. The standard InChI is InChI=1S/C19H16Cl2N4O3S/c1-27-12-7-13(28-2)15(21)17(14(12)20)25-9-10-8-23-19(29(3)26)24-16(10)11-5-4-6-22-18(11)25/h4-8H,9H2,1-3H3. The SMILES string of the molecule is COc1cc(OC)c(Cl)c(N2Cc3cnc(S(C)=O)nc3-c3cccnc32)c1Cl. The summed E-state index contributed by atoms with van der Waals surface area (Å²) in [5.74, 6) is 1.48. The molecule has 1 unspecified atom stereocenters. The molecule has 0 N–H and O–H groups in total. The molecule has 0 saturated heterocycles. The monoisotopic (exact) mass is 450 g/mol. The average molecular weight is 451 g/mol. The highest BCUT2D eigenvalue weighted by Crippen LogP contribution is 2.51. The van der Waals surface area contributed by atoms with Gasteiger partial charge in [0, 0.05) is 35.8 Å². The second kappa shape index (κ2) is 7.78. The summed E-state index contributed by atoms with van der Waals surface area (Å²) >= 11 is 13.3. The number of anilines is 2. The molecule has 0 fully saturated rings. The van der Waals surface area contributed by atoms with Crippen LogP contribution in [-0.2, 0) is 17.3 Å². The summed E-state index contributed by atoms with van der Waals surface area (Å²) in [4.78, 5) is 15.1. The normalized spacial score (nSPS) is 13.5. The molecule has 4 rings (SSSR count). The predicted molar refractivity (Wildman–Crippen MR) is 113 cm³/mol. The van der Waals surface area contributed by atoms with Gasteiger partial charge in [-0.05, 0) is 12.1 Å². The Bertz CT molecular complexity index is 1110. The highest BCUT2D eigenvalue weighted by atomic mass is 35.5. The van der Waals surface area contributed by atoms with Crippen molar-refractivity contribution in [3.05, 3.63) is 46.2 Å². The Kier molecular flexibility index (Phi) is 5.33. The lowest BCUT2D eigenvalue weighted by atomic mass is 10.0. The van der Waals surface area contributed by atoms with E-state index in [0.29, 0.717) is 45.3 Å². The van der Waals surface area contributed by atoms with Gasteiger partial charge >= 0.3 is 0 Å². The van der Waals surface area contributed by atoms with Crippen LogP contribution in [0.15, 0.2) is 35.7 Å². The van der Waals surface area contributed by atoms with Crippen molar-refractivity contribution in [2.75, 3.05) is 25.4 Å². The quantitative estimate of drug-likeness (QED) is 0.549. The van der Waals surface area contributed by atoms with Gasteiger partial charge in [-0.2, -0.15) is 0 Å². The van der Waals surface area contributed by atoms with E-state index in [-0.39, 0.29) is 5.16 Å². The lowest BCUT2D eigenvalue weighted by Gasteiger charge is -2.32. The van der Waals surface area contributed by atoms with Crippen LogP contribution in [0.4, 0.5) is 11.5 Å². The van der Waals surface area contributed by atoms with Gasteiger partial charge in [-0.15, -0.1) is 0 Å². The summed E-state index contributed by atoms with van der Waals surface area (Å²) in [5.41, 5.74) is 2.79.